The zero-order valence-electron chi connectivity index (χ0n) is 8.31. The van der Waals surface area contributed by atoms with Gasteiger partial charge in [-0.2, -0.15) is 0 Å². The van der Waals surface area contributed by atoms with Crippen LogP contribution in [0.4, 0.5) is 0 Å². The van der Waals surface area contributed by atoms with Gasteiger partial charge in [-0.05, 0) is 12.1 Å². The van der Waals surface area contributed by atoms with Crippen LogP contribution >= 0.6 is 0 Å². The highest BCUT2D eigenvalue weighted by molar-refractivity contribution is 5.98. The fourth-order valence-electron chi connectivity index (χ4n) is 1.81. The van der Waals surface area contributed by atoms with Crippen molar-refractivity contribution < 1.29 is 14.6 Å². The molecule has 0 aromatic heterocycles. The molecule has 0 bridgehead atoms. The Balaban J connectivity index is 2.22. The van der Waals surface area contributed by atoms with Gasteiger partial charge in [-0.25, -0.2) is 4.79 Å². The van der Waals surface area contributed by atoms with Crippen molar-refractivity contribution in [3.05, 3.63) is 48.0 Å². The van der Waals surface area contributed by atoms with Crippen molar-refractivity contribution in [2.45, 2.75) is 0 Å². The molecule has 1 aliphatic rings. The molecule has 1 aliphatic heterocycles. The largest absolute Gasteiger partial charge is 0.478 e. The molecule has 1 heterocycles. The van der Waals surface area contributed by atoms with Crippen LogP contribution in [0, 0.1) is 0 Å². The average molecular weight is 212 g/mol. The smallest absolute Gasteiger partial charge is 0.336 e. The summed E-state index contributed by atoms with van der Waals surface area (Å²) < 4.78 is 5.26. The predicted octanol–water partition coefficient (Wildman–Crippen LogP) is 3.16. The van der Waals surface area contributed by atoms with Gasteiger partial charge in [0.2, 0.25) is 0 Å². The van der Waals surface area contributed by atoms with E-state index in [0.29, 0.717) is 11.1 Å². The van der Waals surface area contributed by atoms with Gasteiger partial charge in [-0.3, -0.25) is 0 Å². The maximum atomic E-state index is 11.1. The molecule has 0 amide bonds. The highest BCUT2D eigenvalue weighted by Gasteiger charge is 2.26. The molecule has 2 aromatic carbocycles. The molecule has 0 unspecified atom stereocenters. The van der Waals surface area contributed by atoms with Crippen LogP contribution in [0.2, 0.25) is 0 Å². The third-order valence-corrected chi connectivity index (χ3v) is 2.60. The Morgan fingerprint density at radius 2 is 1.75 bits per heavy atom. The van der Waals surface area contributed by atoms with Crippen LogP contribution < -0.4 is 4.74 Å². The summed E-state index contributed by atoms with van der Waals surface area (Å²) in [5.74, 6) is 0.697. The van der Waals surface area contributed by atoms with Crippen LogP contribution in [-0.2, 0) is 0 Å². The Labute approximate surface area is 91.9 Å². The molecule has 0 aliphatic carbocycles. The van der Waals surface area contributed by atoms with Crippen molar-refractivity contribution >= 4 is 5.97 Å². The van der Waals surface area contributed by atoms with Crippen LogP contribution in [0.3, 0.4) is 0 Å². The predicted molar refractivity (Wildman–Crippen MR) is 58.9 cm³/mol. The van der Waals surface area contributed by atoms with Crippen molar-refractivity contribution in [3.63, 3.8) is 0 Å². The highest BCUT2D eigenvalue weighted by atomic mass is 16.6. The van der Waals surface area contributed by atoms with Crippen LogP contribution in [0.5, 0.6) is 11.5 Å². The number of benzene rings is 2. The molecule has 3 heteroatoms. The lowest BCUT2D eigenvalue weighted by molar-refractivity contribution is 0.0698. The third kappa shape index (κ3) is 1.26. The molecule has 0 saturated heterocycles. The molecular formula is C13H8O3. The van der Waals surface area contributed by atoms with Gasteiger partial charge in [0, 0.05) is 11.1 Å². The van der Waals surface area contributed by atoms with Crippen molar-refractivity contribution in [2.24, 2.45) is 0 Å². The molecule has 3 nitrogen and oxygen atoms in total. The summed E-state index contributed by atoms with van der Waals surface area (Å²) in [5, 5.41) is 9.09. The number of carbonyl (C=O) groups is 1. The zero-order valence-corrected chi connectivity index (χ0v) is 8.31. The lowest BCUT2D eigenvalue weighted by Crippen LogP contribution is -1.98. The first kappa shape index (κ1) is 8.97. The second kappa shape index (κ2) is 3.10. The second-order valence-electron chi connectivity index (χ2n) is 3.59. The normalized spacial score (nSPS) is 11.5. The van der Waals surface area contributed by atoms with E-state index in [0.717, 1.165) is 17.1 Å². The number of hydrogen-bond acceptors (Lipinski definition) is 2. The summed E-state index contributed by atoms with van der Waals surface area (Å²) in [6.07, 6.45) is 0. The number of para-hydroxylation sites is 1. The fourth-order valence-corrected chi connectivity index (χ4v) is 1.81. The molecule has 0 fully saturated rings. The minimum absolute atomic E-state index is 0.298. The standard InChI is InChI=1S/C13H8O3/c14-13(15)10-5-2-1-4-8(10)9-6-3-7-11-12(9)16-11/h1-7H,(H,14,15). The number of rotatable bonds is 2. The summed E-state index contributed by atoms with van der Waals surface area (Å²) in [5.41, 5.74) is 1.84. The Morgan fingerprint density at radius 1 is 1.00 bits per heavy atom. The van der Waals surface area contributed by atoms with E-state index in [4.69, 9.17) is 9.84 Å². The summed E-state index contributed by atoms with van der Waals surface area (Å²) in [6, 6.07) is 12.5. The van der Waals surface area contributed by atoms with Gasteiger partial charge in [0.05, 0.1) is 5.56 Å². The summed E-state index contributed by atoms with van der Waals surface area (Å²) in [6.45, 7) is 0. The fraction of sp³-hybridized carbons (Fsp3) is 0. The van der Waals surface area contributed by atoms with E-state index in [2.05, 4.69) is 0 Å². The first-order valence-corrected chi connectivity index (χ1v) is 4.91. The molecule has 78 valence electrons. The zero-order chi connectivity index (χ0) is 11.1. The average Bonchev–Trinajstić information content (AvgIpc) is 3.07. The molecule has 2 aromatic rings. The molecule has 1 N–H and O–H groups in total. The van der Waals surface area contributed by atoms with E-state index in [1.165, 1.54) is 0 Å². The van der Waals surface area contributed by atoms with Gasteiger partial charge >= 0.3 is 5.97 Å². The number of carboxylic acids is 1. The number of ether oxygens (including phenoxy) is 1. The van der Waals surface area contributed by atoms with Gasteiger partial charge in [-0.1, -0.05) is 30.3 Å². The van der Waals surface area contributed by atoms with Crippen LogP contribution in [0.15, 0.2) is 42.5 Å². The van der Waals surface area contributed by atoms with Crippen molar-refractivity contribution in [2.75, 3.05) is 0 Å². The lowest BCUT2D eigenvalue weighted by Gasteiger charge is -2.03. The molecule has 0 spiro atoms. The molecule has 0 saturated carbocycles. The number of carboxylic acid groups (broad SMARTS) is 1. The Hall–Kier alpha value is -2.29. The molecule has 3 rings (SSSR count). The summed E-state index contributed by atoms with van der Waals surface area (Å²) in [4.78, 5) is 11.1. The minimum Gasteiger partial charge on any atom is -0.478 e. The number of aromatic carboxylic acids is 1. The molecule has 0 atom stereocenters. The van der Waals surface area contributed by atoms with Gasteiger partial charge in [-0.15, -0.1) is 0 Å². The first-order chi connectivity index (χ1) is 7.77. The first-order valence-electron chi connectivity index (χ1n) is 4.91. The van der Waals surface area contributed by atoms with Gasteiger partial charge in [0.25, 0.3) is 0 Å². The maximum absolute atomic E-state index is 11.1. The van der Waals surface area contributed by atoms with E-state index in [9.17, 15) is 4.79 Å². The second-order valence-corrected chi connectivity index (χ2v) is 3.59. The lowest BCUT2D eigenvalue weighted by atomic mass is 10.00. The van der Waals surface area contributed by atoms with Crippen LogP contribution in [-0.4, -0.2) is 11.1 Å². The van der Waals surface area contributed by atoms with Gasteiger partial charge in [0.1, 0.15) is 0 Å². The Kier molecular flexibility index (Phi) is 1.74. The van der Waals surface area contributed by atoms with Crippen molar-refractivity contribution in [3.8, 4) is 22.6 Å². The van der Waals surface area contributed by atoms with E-state index < -0.39 is 5.97 Å². The molecule has 16 heavy (non-hydrogen) atoms. The quantitative estimate of drug-likeness (QED) is 0.664. The van der Waals surface area contributed by atoms with E-state index in [1.54, 1.807) is 18.2 Å². The third-order valence-electron chi connectivity index (χ3n) is 2.60. The SMILES string of the molecule is O=C(O)c1ccccc1-c1cccc2c1O2. The van der Waals surface area contributed by atoms with E-state index >= 15 is 0 Å². The molecular weight excluding hydrogens is 204 g/mol. The van der Waals surface area contributed by atoms with E-state index in [1.807, 2.05) is 24.3 Å². The topological polar surface area (TPSA) is 49.8 Å². The summed E-state index contributed by atoms with van der Waals surface area (Å²) >= 11 is 0. The van der Waals surface area contributed by atoms with Crippen molar-refractivity contribution in [1.82, 2.24) is 0 Å². The minimum atomic E-state index is -0.922. The van der Waals surface area contributed by atoms with Crippen molar-refractivity contribution in [1.29, 1.82) is 0 Å². The Morgan fingerprint density at radius 3 is 2.56 bits per heavy atom. The highest BCUT2D eigenvalue weighted by Crippen LogP contribution is 2.52. The maximum Gasteiger partial charge on any atom is 0.336 e. The monoisotopic (exact) mass is 212 g/mol. The number of fused-ring (bicyclic) bond motifs is 1. The van der Waals surface area contributed by atoms with E-state index in [-0.39, 0.29) is 0 Å². The van der Waals surface area contributed by atoms with Gasteiger partial charge < -0.3 is 9.84 Å². The van der Waals surface area contributed by atoms with Crippen LogP contribution in [0.25, 0.3) is 11.1 Å². The van der Waals surface area contributed by atoms with Crippen LogP contribution in [0.1, 0.15) is 10.4 Å². The molecule has 0 radical (unpaired) electrons. The Bertz CT molecular complexity index is 587. The summed E-state index contributed by atoms with van der Waals surface area (Å²) in [7, 11) is 0. The number of hydrogen-bond donors (Lipinski definition) is 1. The van der Waals surface area contributed by atoms with Gasteiger partial charge in [0.15, 0.2) is 11.5 Å².